The van der Waals surface area contributed by atoms with Crippen molar-refractivity contribution in [3.8, 4) is 11.1 Å². The molecule has 0 radical (unpaired) electrons. The van der Waals surface area contributed by atoms with Gasteiger partial charge in [-0.1, -0.05) is 36.4 Å². The number of carbonyl (C=O) groups is 2. The van der Waals surface area contributed by atoms with Gasteiger partial charge in [0.1, 0.15) is 0 Å². The molecule has 2 aromatic rings. The lowest BCUT2D eigenvalue weighted by Gasteiger charge is -2.14. The summed E-state index contributed by atoms with van der Waals surface area (Å²) in [5.41, 5.74) is 2.75. The van der Waals surface area contributed by atoms with Crippen molar-refractivity contribution in [3.63, 3.8) is 0 Å². The molecule has 0 aromatic heterocycles. The van der Waals surface area contributed by atoms with E-state index in [1.54, 1.807) is 33.3 Å². The van der Waals surface area contributed by atoms with E-state index in [1.807, 2.05) is 36.4 Å². The molecule has 0 unspecified atom stereocenters. The van der Waals surface area contributed by atoms with Crippen molar-refractivity contribution in [2.24, 2.45) is 0 Å². The number of rotatable bonds is 3. The Morgan fingerprint density at radius 1 is 1.00 bits per heavy atom. The Bertz CT molecular complexity index is 664. The Kier molecular flexibility index (Phi) is 4.38. The number of nitrogens with zero attached hydrogens (tertiary/aromatic N) is 1. The van der Waals surface area contributed by atoms with Crippen molar-refractivity contribution in [1.29, 1.82) is 0 Å². The second-order valence-electron chi connectivity index (χ2n) is 4.91. The molecule has 1 N–H and O–H groups in total. The molecule has 4 heteroatoms. The van der Waals surface area contributed by atoms with Gasteiger partial charge in [-0.2, -0.15) is 0 Å². The summed E-state index contributed by atoms with van der Waals surface area (Å²) in [6.07, 6.45) is 0. The van der Waals surface area contributed by atoms with E-state index in [9.17, 15) is 9.59 Å². The molecule has 0 spiro atoms. The number of hydrogen-bond acceptors (Lipinski definition) is 2. The molecule has 0 atom stereocenters. The third-order valence-corrected chi connectivity index (χ3v) is 3.23. The zero-order chi connectivity index (χ0) is 15.4. The van der Waals surface area contributed by atoms with Crippen LogP contribution in [0.2, 0.25) is 0 Å². The Balaban J connectivity index is 2.57. The molecule has 0 bridgehead atoms. The van der Waals surface area contributed by atoms with Crippen molar-refractivity contribution in [2.45, 2.75) is 0 Å². The topological polar surface area (TPSA) is 49.4 Å². The average molecular weight is 282 g/mol. The first kappa shape index (κ1) is 14.8. The molecule has 0 aliphatic heterocycles. The average Bonchev–Trinajstić information content (AvgIpc) is 2.53. The Morgan fingerprint density at radius 2 is 1.67 bits per heavy atom. The molecule has 0 aliphatic rings. The highest BCUT2D eigenvalue weighted by Gasteiger charge is 2.16. The number of benzene rings is 2. The lowest BCUT2D eigenvalue weighted by molar-refractivity contribution is 0.0827. The second-order valence-corrected chi connectivity index (χ2v) is 4.91. The van der Waals surface area contributed by atoms with Crippen LogP contribution in [-0.2, 0) is 0 Å². The van der Waals surface area contributed by atoms with E-state index < -0.39 is 0 Å². The van der Waals surface area contributed by atoms with Crippen LogP contribution in [0.15, 0.2) is 48.5 Å². The first-order valence-electron chi connectivity index (χ1n) is 6.67. The van der Waals surface area contributed by atoms with Crippen LogP contribution in [0.4, 0.5) is 0 Å². The van der Waals surface area contributed by atoms with Gasteiger partial charge in [-0.25, -0.2) is 0 Å². The van der Waals surface area contributed by atoms with Gasteiger partial charge in [-0.05, 0) is 23.3 Å². The molecule has 0 aliphatic carbocycles. The lowest BCUT2D eigenvalue weighted by atomic mass is 9.96. The minimum Gasteiger partial charge on any atom is -0.355 e. The molecule has 0 fully saturated rings. The van der Waals surface area contributed by atoms with E-state index in [2.05, 4.69) is 5.32 Å². The smallest absolute Gasteiger partial charge is 0.253 e. The van der Waals surface area contributed by atoms with Gasteiger partial charge in [0, 0.05) is 32.3 Å². The van der Waals surface area contributed by atoms with Gasteiger partial charge in [0.15, 0.2) is 0 Å². The largest absolute Gasteiger partial charge is 0.355 e. The van der Waals surface area contributed by atoms with Gasteiger partial charge in [-0.3, -0.25) is 9.59 Å². The highest BCUT2D eigenvalue weighted by Crippen LogP contribution is 2.25. The summed E-state index contributed by atoms with van der Waals surface area (Å²) in [6, 6.07) is 14.8. The maximum atomic E-state index is 12.1. The van der Waals surface area contributed by atoms with Gasteiger partial charge in [-0.15, -0.1) is 0 Å². The minimum absolute atomic E-state index is 0.125. The molecule has 2 amide bonds. The fourth-order valence-electron chi connectivity index (χ4n) is 2.13. The number of nitrogens with one attached hydrogen (secondary N) is 1. The molecular weight excluding hydrogens is 264 g/mol. The summed E-state index contributed by atoms with van der Waals surface area (Å²) in [6.45, 7) is 0. The third kappa shape index (κ3) is 3.11. The van der Waals surface area contributed by atoms with Gasteiger partial charge in [0.2, 0.25) is 0 Å². The highest BCUT2D eigenvalue weighted by atomic mass is 16.2. The Morgan fingerprint density at radius 3 is 2.24 bits per heavy atom. The summed E-state index contributed by atoms with van der Waals surface area (Å²) in [5.74, 6) is -0.331. The van der Waals surface area contributed by atoms with Crippen molar-refractivity contribution >= 4 is 11.8 Å². The zero-order valence-corrected chi connectivity index (χ0v) is 12.4. The molecule has 2 aromatic carbocycles. The Hall–Kier alpha value is -2.62. The van der Waals surface area contributed by atoms with Crippen LogP contribution in [-0.4, -0.2) is 37.9 Å². The maximum Gasteiger partial charge on any atom is 0.253 e. The lowest BCUT2D eigenvalue weighted by Crippen LogP contribution is -2.23. The van der Waals surface area contributed by atoms with Crippen LogP contribution in [0.3, 0.4) is 0 Å². The number of amides is 2. The fourth-order valence-corrected chi connectivity index (χ4v) is 2.13. The molecule has 2 rings (SSSR count). The van der Waals surface area contributed by atoms with Crippen LogP contribution in [0.25, 0.3) is 11.1 Å². The number of hydrogen-bond donors (Lipinski definition) is 1. The van der Waals surface area contributed by atoms with Gasteiger partial charge in [0.05, 0.1) is 0 Å². The quantitative estimate of drug-likeness (QED) is 0.940. The second kappa shape index (κ2) is 6.22. The van der Waals surface area contributed by atoms with Crippen LogP contribution >= 0.6 is 0 Å². The molecule has 0 saturated carbocycles. The van der Waals surface area contributed by atoms with Crippen molar-refractivity contribution < 1.29 is 9.59 Å². The summed E-state index contributed by atoms with van der Waals surface area (Å²) in [4.78, 5) is 25.7. The zero-order valence-electron chi connectivity index (χ0n) is 12.4. The van der Waals surface area contributed by atoms with E-state index in [0.717, 1.165) is 11.1 Å². The van der Waals surface area contributed by atoms with Crippen LogP contribution in [0.1, 0.15) is 20.7 Å². The van der Waals surface area contributed by atoms with Gasteiger partial charge >= 0.3 is 0 Å². The minimum atomic E-state index is -0.206. The van der Waals surface area contributed by atoms with Crippen molar-refractivity contribution in [3.05, 3.63) is 59.7 Å². The van der Waals surface area contributed by atoms with Crippen molar-refractivity contribution in [2.75, 3.05) is 21.1 Å². The highest BCUT2D eigenvalue weighted by molar-refractivity contribution is 6.04. The van der Waals surface area contributed by atoms with Gasteiger partial charge in [0.25, 0.3) is 11.8 Å². The molecule has 21 heavy (non-hydrogen) atoms. The first-order chi connectivity index (χ1) is 10.0. The molecular formula is C17H18N2O2. The normalized spacial score (nSPS) is 10.0. The molecule has 108 valence electrons. The predicted octanol–water partition coefficient (Wildman–Crippen LogP) is 2.42. The maximum absolute atomic E-state index is 12.1. The summed E-state index contributed by atoms with van der Waals surface area (Å²) < 4.78 is 0. The summed E-state index contributed by atoms with van der Waals surface area (Å²) in [5, 5.41) is 2.62. The molecule has 0 heterocycles. The van der Waals surface area contributed by atoms with Crippen molar-refractivity contribution in [1.82, 2.24) is 10.2 Å². The first-order valence-corrected chi connectivity index (χ1v) is 6.67. The standard InChI is InChI=1S/C17H18N2O2/c1-18-16(20)15-11-13(17(21)19(2)3)9-10-14(15)12-7-5-4-6-8-12/h4-11H,1-3H3,(H,18,20). The van der Waals surface area contributed by atoms with E-state index in [4.69, 9.17) is 0 Å². The van der Waals surface area contributed by atoms with E-state index in [1.165, 1.54) is 4.90 Å². The summed E-state index contributed by atoms with van der Waals surface area (Å²) in [7, 11) is 4.96. The van der Waals surface area contributed by atoms with Crippen LogP contribution in [0.5, 0.6) is 0 Å². The SMILES string of the molecule is CNC(=O)c1cc(C(=O)N(C)C)ccc1-c1ccccc1. The van der Waals surface area contributed by atoms with Crippen LogP contribution in [0, 0.1) is 0 Å². The van der Waals surface area contributed by atoms with Gasteiger partial charge < -0.3 is 10.2 Å². The van der Waals surface area contributed by atoms with E-state index >= 15 is 0 Å². The third-order valence-electron chi connectivity index (χ3n) is 3.23. The Labute approximate surface area is 124 Å². The molecule has 4 nitrogen and oxygen atoms in total. The number of carbonyl (C=O) groups excluding carboxylic acids is 2. The predicted molar refractivity (Wildman–Crippen MR) is 83.3 cm³/mol. The van der Waals surface area contributed by atoms with Crippen LogP contribution < -0.4 is 5.32 Å². The monoisotopic (exact) mass is 282 g/mol. The summed E-state index contributed by atoms with van der Waals surface area (Å²) >= 11 is 0. The van der Waals surface area contributed by atoms with E-state index in [0.29, 0.717) is 11.1 Å². The molecule has 0 saturated heterocycles. The fraction of sp³-hybridized carbons (Fsp3) is 0.176. The van der Waals surface area contributed by atoms with E-state index in [-0.39, 0.29) is 11.8 Å².